The summed E-state index contributed by atoms with van der Waals surface area (Å²) in [5.41, 5.74) is 1.74. The Bertz CT molecular complexity index is 918. The number of aryl methyl sites for hydroxylation is 1. The van der Waals surface area contributed by atoms with Gasteiger partial charge in [0.1, 0.15) is 11.5 Å². The Hall–Kier alpha value is -3.36. The molecule has 0 atom stereocenters. The molecular formula is C18H20N4O5. The van der Waals surface area contributed by atoms with Crippen LogP contribution in [-0.2, 0) is 17.8 Å². The maximum absolute atomic E-state index is 12.1. The summed E-state index contributed by atoms with van der Waals surface area (Å²) in [6.07, 6.45) is 1.77. The van der Waals surface area contributed by atoms with E-state index in [-0.39, 0.29) is 18.2 Å². The molecule has 3 aromatic rings. The van der Waals surface area contributed by atoms with Crippen LogP contribution >= 0.6 is 0 Å². The smallest absolute Gasteiger partial charge is 0.359 e. The van der Waals surface area contributed by atoms with E-state index in [9.17, 15) is 4.79 Å². The van der Waals surface area contributed by atoms with Gasteiger partial charge in [-0.1, -0.05) is 18.5 Å². The number of benzene rings is 1. The first-order chi connectivity index (χ1) is 13.1. The number of aromatic nitrogens is 4. The van der Waals surface area contributed by atoms with Crippen molar-refractivity contribution in [2.75, 3.05) is 14.2 Å². The summed E-state index contributed by atoms with van der Waals surface area (Å²) in [6, 6.07) is 6.92. The van der Waals surface area contributed by atoms with E-state index in [1.165, 1.54) is 7.11 Å². The van der Waals surface area contributed by atoms with Crippen LogP contribution in [0.5, 0.6) is 11.5 Å². The third kappa shape index (κ3) is 4.25. The number of nitrogens with one attached hydrogen (secondary N) is 1. The maximum atomic E-state index is 12.1. The quantitative estimate of drug-likeness (QED) is 0.601. The molecular weight excluding hydrogens is 352 g/mol. The second kappa shape index (κ2) is 8.35. The summed E-state index contributed by atoms with van der Waals surface area (Å²) < 4.78 is 20.8. The van der Waals surface area contributed by atoms with E-state index in [2.05, 4.69) is 20.3 Å². The largest absolute Gasteiger partial charge is 0.497 e. The number of carbonyl (C=O) groups is 1. The molecule has 0 radical (unpaired) electrons. The second-order valence-corrected chi connectivity index (χ2v) is 5.68. The molecule has 2 aromatic heterocycles. The minimum absolute atomic E-state index is 0.153. The molecule has 3 rings (SSSR count). The van der Waals surface area contributed by atoms with Gasteiger partial charge in [0.15, 0.2) is 12.3 Å². The average molecular weight is 372 g/mol. The first-order valence-corrected chi connectivity index (χ1v) is 8.41. The molecule has 0 saturated heterocycles. The van der Waals surface area contributed by atoms with Crippen LogP contribution in [0.4, 0.5) is 0 Å². The van der Waals surface area contributed by atoms with Gasteiger partial charge in [0.05, 0.1) is 19.8 Å². The molecule has 142 valence electrons. The number of esters is 1. The Morgan fingerprint density at radius 1 is 1.22 bits per heavy atom. The van der Waals surface area contributed by atoms with Crippen LogP contribution in [0.1, 0.15) is 35.4 Å². The van der Waals surface area contributed by atoms with Crippen molar-refractivity contribution in [2.45, 2.75) is 26.4 Å². The van der Waals surface area contributed by atoms with Crippen LogP contribution in [0.25, 0.3) is 11.4 Å². The minimum atomic E-state index is -0.560. The molecule has 0 aliphatic heterocycles. The zero-order valence-electron chi connectivity index (χ0n) is 15.3. The van der Waals surface area contributed by atoms with Crippen LogP contribution in [0.2, 0.25) is 0 Å². The summed E-state index contributed by atoms with van der Waals surface area (Å²) in [7, 11) is 3.11. The van der Waals surface area contributed by atoms with Crippen LogP contribution in [-0.4, -0.2) is 40.5 Å². The van der Waals surface area contributed by atoms with Gasteiger partial charge >= 0.3 is 5.97 Å². The summed E-state index contributed by atoms with van der Waals surface area (Å²) in [4.78, 5) is 16.3. The summed E-state index contributed by atoms with van der Waals surface area (Å²) in [5.74, 6) is 1.12. The third-order valence-electron chi connectivity index (χ3n) is 3.80. The lowest BCUT2D eigenvalue weighted by Crippen LogP contribution is -2.06. The summed E-state index contributed by atoms with van der Waals surface area (Å²) >= 11 is 0. The molecule has 2 heterocycles. The highest BCUT2D eigenvalue weighted by atomic mass is 16.6. The summed E-state index contributed by atoms with van der Waals surface area (Å²) in [6.45, 7) is 1.89. The maximum Gasteiger partial charge on any atom is 0.359 e. The van der Waals surface area contributed by atoms with Gasteiger partial charge in [-0.2, -0.15) is 10.1 Å². The number of hydrogen-bond donors (Lipinski definition) is 1. The van der Waals surface area contributed by atoms with Gasteiger partial charge < -0.3 is 18.7 Å². The zero-order chi connectivity index (χ0) is 19.2. The predicted octanol–water partition coefficient (Wildman–Crippen LogP) is 2.79. The van der Waals surface area contributed by atoms with Gasteiger partial charge in [-0.05, 0) is 24.6 Å². The first kappa shape index (κ1) is 18.4. The van der Waals surface area contributed by atoms with E-state index in [4.69, 9.17) is 18.7 Å². The Balaban J connectivity index is 1.66. The molecule has 0 spiro atoms. The van der Waals surface area contributed by atoms with Gasteiger partial charge in [-0.3, -0.25) is 5.10 Å². The fourth-order valence-electron chi connectivity index (χ4n) is 2.47. The molecule has 0 aliphatic carbocycles. The fraction of sp³-hybridized carbons (Fsp3) is 0.333. The number of H-pyrrole nitrogens is 1. The minimum Gasteiger partial charge on any atom is -0.497 e. The second-order valence-electron chi connectivity index (χ2n) is 5.68. The van der Waals surface area contributed by atoms with Gasteiger partial charge in [-0.25, -0.2) is 4.79 Å². The molecule has 0 fully saturated rings. The Morgan fingerprint density at radius 3 is 2.81 bits per heavy atom. The normalized spacial score (nSPS) is 10.6. The monoisotopic (exact) mass is 372 g/mol. The molecule has 9 heteroatoms. The SMILES string of the molecule is CCCc1cc(C(=O)OCc2nc(-c3ccc(OC)cc3OC)no2)n[nH]1. The fourth-order valence-corrected chi connectivity index (χ4v) is 2.47. The van der Waals surface area contributed by atoms with Crippen molar-refractivity contribution in [1.82, 2.24) is 20.3 Å². The molecule has 1 aromatic carbocycles. The van der Waals surface area contributed by atoms with E-state index in [1.54, 1.807) is 31.4 Å². The van der Waals surface area contributed by atoms with Crippen LogP contribution in [0.3, 0.4) is 0 Å². The lowest BCUT2D eigenvalue weighted by atomic mass is 10.2. The summed E-state index contributed by atoms with van der Waals surface area (Å²) in [5, 5.41) is 10.7. The van der Waals surface area contributed by atoms with Crippen molar-refractivity contribution in [2.24, 2.45) is 0 Å². The van der Waals surface area contributed by atoms with Gasteiger partial charge in [0.2, 0.25) is 5.82 Å². The predicted molar refractivity (Wildman–Crippen MR) is 94.5 cm³/mol. The van der Waals surface area contributed by atoms with Crippen molar-refractivity contribution in [1.29, 1.82) is 0 Å². The molecule has 27 heavy (non-hydrogen) atoms. The van der Waals surface area contributed by atoms with E-state index < -0.39 is 5.97 Å². The van der Waals surface area contributed by atoms with Crippen molar-refractivity contribution < 1.29 is 23.5 Å². The highest BCUT2D eigenvalue weighted by Crippen LogP contribution is 2.31. The van der Waals surface area contributed by atoms with Crippen molar-refractivity contribution in [3.05, 3.63) is 41.5 Å². The Morgan fingerprint density at radius 2 is 2.07 bits per heavy atom. The highest BCUT2D eigenvalue weighted by Gasteiger charge is 2.17. The number of hydrogen-bond acceptors (Lipinski definition) is 8. The zero-order valence-corrected chi connectivity index (χ0v) is 15.3. The molecule has 0 amide bonds. The molecule has 9 nitrogen and oxygen atoms in total. The Labute approximate surface area is 155 Å². The number of carbonyl (C=O) groups excluding carboxylic acids is 1. The standard InChI is InChI=1S/C18H20N4O5/c1-4-5-11-8-14(21-20-11)18(23)26-10-16-19-17(22-27-16)13-7-6-12(24-2)9-15(13)25-3/h6-9H,4-5,10H2,1-3H3,(H,20,21). The highest BCUT2D eigenvalue weighted by molar-refractivity contribution is 5.87. The third-order valence-corrected chi connectivity index (χ3v) is 3.80. The van der Waals surface area contributed by atoms with Gasteiger partial charge in [0.25, 0.3) is 5.89 Å². The lowest BCUT2D eigenvalue weighted by molar-refractivity contribution is 0.0423. The van der Waals surface area contributed by atoms with E-state index in [0.717, 1.165) is 18.5 Å². The van der Waals surface area contributed by atoms with E-state index >= 15 is 0 Å². The molecule has 0 saturated carbocycles. The van der Waals surface area contributed by atoms with E-state index in [1.807, 2.05) is 6.92 Å². The first-order valence-electron chi connectivity index (χ1n) is 8.41. The molecule has 1 N–H and O–H groups in total. The van der Waals surface area contributed by atoms with Crippen molar-refractivity contribution in [3.8, 4) is 22.9 Å². The number of rotatable bonds is 8. The van der Waals surface area contributed by atoms with Crippen molar-refractivity contribution >= 4 is 5.97 Å². The Kier molecular flexibility index (Phi) is 5.70. The number of aromatic amines is 1. The van der Waals surface area contributed by atoms with Crippen LogP contribution in [0.15, 0.2) is 28.8 Å². The number of methoxy groups -OCH3 is 2. The van der Waals surface area contributed by atoms with Gasteiger partial charge in [0, 0.05) is 11.8 Å². The van der Waals surface area contributed by atoms with Crippen LogP contribution in [0, 0.1) is 0 Å². The number of nitrogens with zero attached hydrogens (tertiary/aromatic N) is 3. The van der Waals surface area contributed by atoms with Gasteiger partial charge in [-0.15, -0.1) is 0 Å². The topological polar surface area (TPSA) is 112 Å². The molecule has 0 bridgehead atoms. The van der Waals surface area contributed by atoms with E-state index in [0.29, 0.717) is 22.9 Å². The van der Waals surface area contributed by atoms with Crippen molar-refractivity contribution in [3.63, 3.8) is 0 Å². The molecule has 0 aliphatic rings. The average Bonchev–Trinajstić information content (AvgIpc) is 3.35. The number of ether oxygens (including phenoxy) is 3. The molecule has 0 unspecified atom stereocenters. The van der Waals surface area contributed by atoms with Crippen LogP contribution < -0.4 is 9.47 Å². The lowest BCUT2D eigenvalue weighted by Gasteiger charge is -2.07.